The minimum atomic E-state index is 0.277. The first kappa shape index (κ1) is 11.1. The minimum Gasteiger partial charge on any atom is -0.388 e. The summed E-state index contributed by atoms with van der Waals surface area (Å²) < 4.78 is 0. The molecular weight excluding hydrogens is 210 g/mol. The van der Waals surface area contributed by atoms with Crippen LogP contribution in [0.5, 0.6) is 0 Å². The van der Waals surface area contributed by atoms with Crippen LogP contribution in [0.4, 0.5) is 0 Å². The van der Waals surface area contributed by atoms with Gasteiger partial charge in [0.15, 0.2) is 5.78 Å². The number of rotatable bonds is 5. The maximum Gasteiger partial charge on any atom is 0.161 e. The number of carbonyl (C=O) groups is 1. The molecule has 2 bridgehead atoms. The lowest BCUT2D eigenvalue weighted by molar-refractivity contribution is -0.118. The molecule has 0 spiro atoms. The molecule has 0 aromatic rings. The van der Waals surface area contributed by atoms with Gasteiger partial charge in [-0.3, -0.25) is 4.79 Å². The molecule has 0 unspecified atom stereocenters. The molecule has 3 aliphatic rings. The third kappa shape index (κ3) is 1.74. The molecule has 92 valence electrons. The highest BCUT2D eigenvalue weighted by molar-refractivity contribution is 5.96. The monoisotopic (exact) mass is 231 g/mol. The average molecular weight is 231 g/mol. The predicted octanol–water partition coefficient (Wildman–Crippen LogP) is 2.67. The van der Waals surface area contributed by atoms with Gasteiger partial charge in [0.1, 0.15) is 0 Å². The van der Waals surface area contributed by atoms with Gasteiger partial charge >= 0.3 is 0 Å². The molecule has 1 fully saturated rings. The lowest BCUT2D eigenvalue weighted by Crippen LogP contribution is -2.26. The van der Waals surface area contributed by atoms with E-state index >= 15 is 0 Å². The molecule has 2 nitrogen and oxygen atoms in total. The van der Waals surface area contributed by atoms with Crippen LogP contribution in [0, 0.1) is 23.7 Å². The molecule has 1 N–H and O–H groups in total. The fourth-order valence-corrected chi connectivity index (χ4v) is 3.76. The Kier molecular flexibility index (Phi) is 2.81. The van der Waals surface area contributed by atoms with E-state index in [1.807, 2.05) is 6.08 Å². The number of fused-ring (bicyclic) bond motifs is 5. The SMILES string of the molecule is CCCCCNC1=CC(=O)[C@H]2[C@@H]1[C@H]1C=C[C@@H]2C1. The molecular formula is C15H21NO. The first-order chi connectivity index (χ1) is 8.31. The molecule has 3 aliphatic carbocycles. The van der Waals surface area contributed by atoms with E-state index in [1.54, 1.807) is 0 Å². The summed E-state index contributed by atoms with van der Waals surface area (Å²) in [5.74, 6) is 2.28. The topological polar surface area (TPSA) is 29.1 Å². The Labute approximate surface area is 103 Å². The standard InChI is InChI=1S/C15H21NO/c1-2-3-4-7-16-12-9-13(17)15-11-6-5-10(8-11)14(12)15/h5-6,9-11,14-16H,2-4,7-8H2,1H3/t10-,11+,14+,15-/m0/s1. The zero-order chi connectivity index (χ0) is 11.8. The molecule has 17 heavy (non-hydrogen) atoms. The van der Waals surface area contributed by atoms with Crippen LogP contribution in [0.15, 0.2) is 23.9 Å². The van der Waals surface area contributed by atoms with Crippen molar-refractivity contribution in [2.24, 2.45) is 23.7 Å². The van der Waals surface area contributed by atoms with Crippen molar-refractivity contribution in [1.82, 2.24) is 5.32 Å². The Morgan fingerprint density at radius 1 is 1.24 bits per heavy atom. The summed E-state index contributed by atoms with van der Waals surface area (Å²) in [6.45, 7) is 3.24. The number of hydrogen-bond acceptors (Lipinski definition) is 2. The highest BCUT2D eigenvalue weighted by Crippen LogP contribution is 2.53. The largest absolute Gasteiger partial charge is 0.388 e. The third-order valence-corrected chi connectivity index (χ3v) is 4.55. The lowest BCUT2D eigenvalue weighted by atomic mass is 9.84. The first-order valence-corrected chi connectivity index (χ1v) is 6.99. The normalized spacial score (nSPS) is 37.5. The van der Waals surface area contributed by atoms with Crippen molar-refractivity contribution < 1.29 is 4.79 Å². The molecule has 0 saturated heterocycles. The zero-order valence-corrected chi connectivity index (χ0v) is 10.5. The number of nitrogens with one attached hydrogen (secondary N) is 1. The summed E-state index contributed by atoms with van der Waals surface area (Å²) in [6.07, 6.45) is 11.4. The molecule has 0 radical (unpaired) electrons. The summed E-state index contributed by atoms with van der Waals surface area (Å²) in [5, 5.41) is 3.51. The molecule has 0 amide bonds. The Balaban J connectivity index is 1.64. The Morgan fingerprint density at radius 3 is 2.76 bits per heavy atom. The van der Waals surface area contributed by atoms with Gasteiger partial charge in [-0.2, -0.15) is 0 Å². The molecule has 4 atom stereocenters. The number of unbranched alkanes of at least 4 members (excludes halogenated alkanes) is 2. The molecule has 1 saturated carbocycles. The maximum atomic E-state index is 12.0. The van der Waals surface area contributed by atoms with E-state index < -0.39 is 0 Å². The van der Waals surface area contributed by atoms with Crippen molar-refractivity contribution >= 4 is 5.78 Å². The average Bonchev–Trinajstić information content (AvgIpc) is 2.98. The summed E-state index contributed by atoms with van der Waals surface area (Å²) in [4.78, 5) is 12.0. The van der Waals surface area contributed by atoms with Crippen LogP contribution in [-0.4, -0.2) is 12.3 Å². The van der Waals surface area contributed by atoms with Gasteiger partial charge in [0.05, 0.1) is 0 Å². The lowest BCUT2D eigenvalue weighted by Gasteiger charge is -2.23. The van der Waals surface area contributed by atoms with Gasteiger partial charge in [0, 0.05) is 30.2 Å². The summed E-state index contributed by atoms with van der Waals surface area (Å²) in [6, 6.07) is 0. The van der Waals surface area contributed by atoms with E-state index in [-0.39, 0.29) is 5.92 Å². The fraction of sp³-hybridized carbons (Fsp3) is 0.667. The second-order valence-electron chi connectivity index (χ2n) is 5.64. The second kappa shape index (κ2) is 4.32. The van der Waals surface area contributed by atoms with Crippen LogP contribution in [0.25, 0.3) is 0 Å². The number of hydrogen-bond donors (Lipinski definition) is 1. The van der Waals surface area contributed by atoms with Crippen LogP contribution in [0.3, 0.4) is 0 Å². The molecule has 0 aromatic carbocycles. The quantitative estimate of drug-likeness (QED) is 0.582. The van der Waals surface area contributed by atoms with Crippen molar-refractivity contribution in [3.8, 4) is 0 Å². The minimum absolute atomic E-state index is 0.277. The van der Waals surface area contributed by atoms with Gasteiger partial charge < -0.3 is 5.32 Å². The van der Waals surface area contributed by atoms with Crippen LogP contribution in [0.2, 0.25) is 0 Å². The van der Waals surface area contributed by atoms with Crippen LogP contribution in [0.1, 0.15) is 32.6 Å². The van der Waals surface area contributed by atoms with E-state index in [1.165, 1.54) is 31.4 Å². The molecule has 0 aromatic heterocycles. The van der Waals surface area contributed by atoms with Crippen molar-refractivity contribution in [2.75, 3.05) is 6.54 Å². The molecule has 0 aliphatic heterocycles. The van der Waals surface area contributed by atoms with E-state index in [9.17, 15) is 4.79 Å². The number of ketones is 1. The molecule has 2 heteroatoms. The molecule has 0 heterocycles. The van der Waals surface area contributed by atoms with Crippen molar-refractivity contribution in [3.05, 3.63) is 23.9 Å². The van der Waals surface area contributed by atoms with Gasteiger partial charge in [-0.15, -0.1) is 0 Å². The smallest absolute Gasteiger partial charge is 0.161 e. The number of carbonyl (C=O) groups excluding carboxylic acids is 1. The summed E-state index contributed by atoms with van der Waals surface area (Å²) >= 11 is 0. The van der Waals surface area contributed by atoms with E-state index in [0.29, 0.717) is 23.5 Å². The maximum absolute atomic E-state index is 12.0. The van der Waals surface area contributed by atoms with Gasteiger partial charge in [-0.1, -0.05) is 31.9 Å². The Bertz CT molecular complexity index is 382. The van der Waals surface area contributed by atoms with Gasteiger partial charge in [-0.05, 0) is 24.7 Å². The second-order valence-corrected chi connectivity index (χ2v) is 5.64. The van der Waals surface area contributed by atoms with Crippen molar-refractivity contribution in [1.29, 1.82) is 0 Å². The van der Waals surface area contributed by atoms with Crippen LogP contribution in [-0.2, 0) is 4.79 Å². The van der Waals surface area contributed by atoms with Gasteiger partial charge in [0.25, 0.3) is 0 Å². The van der Waals surface area contributed by atoms with Gasteiger partial charge in [0.2, 0.25) is 0 Å². The number of allylic oxidation sites excluding steroid dienone is 4. The Hall–Kier alpha value is -1.05. The van der Waals surface area contributed by atoms with E-state index in [4.69, 9.17) is 0 Å². The highest BCUT2D eigenvalue weighted by atomic mass is 16.1. The first-order valence-electron chi connectivity index (χ1n) is 6.99. The fourth-order valence-electron chi connectivity index (χ4n) is 3.76. The van der Waals surface area contributed by atoms with Crippen molar-refractivity contribution in [2.45, 2.75) is 32.6 Å². The van der Waals surface area contributed by atoms with Crippen molar-refractivity contribution in [3.63, 3.8) is 0 Å². The van der Waals surface area contributed by atoms with Crippen LogP contribution < -0.4 is 5.32 Å². The van der Waals surface area contributed by atoms with Gasteiger partial charge in [-0.25, -0.2) is 0 Å². The van der Waals surface area contributed by atoms with Crippen LogP contribution >= 0.6 is 0 Å². The molecule has 3 rings (SSSR count). The van der Waals surface area contributed by atoms with E-state index in [0.717, 1.165) is 6.54 Å². The zero-order valence-electron chi connectivity index (χ0n) is 10.5. The summed E-state index contributed by atoms with van der Waals surface area (Å²) in [5.41, 5.74) is 1.23. The summed E-state index contributed by atoms with van der Waals surface area (Å²) in [7, 11) is 0. The Morgan fingerprint density at radius 2 is 2.00 bits per heavy atom. The highest BCUT2D eigenvalue weighted by Gasteiger charge is 2.51. The predicted molar refractivity (Wildman–Crippen MR) is 68.3 cm³/mol. The third-order valence-electron chi connectivity index (χ3n) is 4.55. The van der Waals surface area contributed by atoms with E-state index in [2.05, 4.69) is 24.4 Å².